The number of carbonyl (C=O) groups excluding carboxylic acids is 2. The molecule has 2 aliphatic heterocycles. The van der Waals surface area contributed by atoms with Gasteiger partial charge in [0.2, 0.25) is 0 Å². The van der Waals surface area contributed by atoms with E-state index in [0.717, 1.165) is 35.9 Å². The van der Waals surface area contributed by atoms with E-state index in [1.54, 1.807) is 6.07 Å². The Labute approximate surface area is 139 Å². The van der Waals surface area contributed by atoms with Gasteiger partial charge in [0.15, 0.2) is 0 Å². The SMILES string of the molecule is COC(=O)c1ccc2[nH]c3c(c2c1)CN([C@H]1C[C@H](C)OC1=O)CC3. The number of nitrogens with one attached hydrogen (secondary N) is 1. The van der Waals surface area contributed by atoms with E-state index < -0.39 is 0 Å². The van der Waals surface area contributed by atoms with Crippen molar-refractivity contribution in [1.82, 2.24) is 9.88 Å². The standard InChI is InChI=1S/C18H20N2O4/c1-10-7-16(18(22)24-10)20-6-5-15-13(9-20)12-8-11(17(21)23-2)3-4-14(12)19-15/h3-4,8,10,16,19H,5-7,9H2,1-2H3/t10-,16-/m0/s1. The molecule has 24 heavy (non-hydrogen) atoms. The average molecular weight is 328 g/mol. The van der Waals surface area contributed by atoms with Crippen molar-refractivity contribution < 1.29 is 19.1 Å². The number of carbonyl (C=O) groups is 2. The number of fused-ring (bicyclic) bond motifs is 3. The first-order valence-electron chi connectivity index (χ1n) is 8.23. The van der Waals surface area contributed by atoms with Crippen molar-refractivity contribution in [2.24, 2.45) is 0 Å². The first kappa shape index (κ1) is 15.2. The van der Waals surface area contributed by atoms with Crippen LogP contribution in [0.2, 0.25) is 0 Å². The first-order chi connectivity index (χ1) is 11.6. The van der Waals surface area contributed by atoms with E-state index in [9.17, 15) is 9.59 Å². The van der Waals surface area contributed by atoms with Crippen molar-refractivity contribution in [2.75, 3.05) is 13.7 Å². The Morgan fingerprint density at radius 1 is 1.42 bits per heavy atom. The number of rotatable bonds is 2. The summed E-state index contributed by atoms with van der Waals surface area (Å²) in [6.07, 6.45) is 1.58. The highest BCUT2D eigenvalue weighted by atomic mass is 16.6. The van der Waals surface area contributed by atoms with Crippen LogP contribution in [0.5, 0.6) is 0 Å². The summed E-state index contributed by atoms with van der Waals surface area (Å²) in [7, 11) is 1.38. The molecule has 1 N–H and O–H groups in total. The number of aromatic nitrogens is 1. The molecule has 0 unspecified atom stereocenters. The normalized spacial score (nSPS) is 24.0. The molecule has 6 heteroatoms. The van der Waals surface area contributed by atoms with Gasteiger partial charge in [0.05, 0.1) is 12.7 Å². The Morgan fingerprint density at radius 2 is 2.25 bits per heavy atom. The Morgan fingerprint density at radius 3 is 2.96 bits per heavy atom. The minimum Gasteiger partial charge on any atom is -0.465 e. The third-order valence-electron chi connectivity index (χ3n) is 5.01. The Bertz CT molecular complexity index is 826. The lowest BCUT2D eigenvalue weighted by Crippen LogP contribution is -2.41. The molecule has 2 aliphatic rings. The second-order valence-electron chi connectivity index (χ2n) is 6.55. The van der Waals surface area contributed by atoms with Gasteiger partial charge >= 0.3 is 11.9 Å². The molecular formula is C18H20N2O4. The van der Waals surface area contributed by atoms with Crippen LogP contribution in [0.25, 0.3) is 10.9 Å². The molecular weight excluding hydrogens is 308 g/mol. The van der Waals surface area contributed by atoms with Crippen LogP contribution in [0.3, 0.4) is 0 Å². The summed E-state index contributed by atoms with van der Waals surface area (Å²) in [5.74, 6) is -0.464. The summed E-state index contributed by atoms with van der Waals surface area (Å²) in [5.41, 5.74) is 3.90. The zero-order valence-corrected chi connectivity index (χ0v) is 13.8. The monoisotopic (exact) mass is 328 g/mol. The number of H-pyrrole nitrogens is 1. The van der Waals surface area contributed by atoms with E-state index >= 15 is 0 Å². The van der Waals surface area contributed by atoms with Crippen molar-refractivity contribution >= 4 is 22.8 Å². The maximum Gasteiger partial charge on any atom is 0.337 e. The van der Waals surface area contributed by atoms with Crippen LogP contribution in [0, 0.1) is 0 Å². The van der Waals surface area contributed by atoms with Gasteiger partial charge in [0.25, 0.3) is 0 Å². The zero-order chi connectivity index (χ0) is 16.8. The van der Waals surface area contributed by atoms with E-state index in [1.165, 1.54) is 12.8 Å². The lowest BCUT2D eigenvalue weighted by Gasteiger charge is -2.30. The predicted molar refractivity (Wildman–Crippen MR) is 87.7 cm³/mol. The van der Waals surface area contributed by atoms with Crippen molar-refractivity contribution in [1.29, 1.82) is 0 Å². The Hall–Kier alpha value is -2.34. The molecule has 0 aliphatic carbocycles. The van der Waals surface area contributed by atoms with E-state index in [1.807, 2.05) is 19.1 Å². The lowest BCUT2D eigenvalue weighted by molar-refractivity contribution is -0.145. The fourth-order valence-corrected chi connectivity index (χ4v) is 3.78. The smallest absolute Gasteiger partial charge is 0.337 e. The zero-order valence-electron chi connectivity index (χ0n) is 13.8. The summed E-state index contributed by atoms with van der Waals surface area (Å²) >= 11 is 0. The van der Waals surface area contributed by atoms with Crippen molar-refractivity contribution in [3.8, 4) is 0 Å². The highest BCUT2D eigenvalue weighted by Crippen LogP contribution is 2.31. The van der Waals surface area contributed by atoms with E-state index in [4.69, 9.17) is 9.47 Å². The molecule has 3 heterocycles. The molecule has 2 atom stereocenters. The van der Waals surface area contributed by atoms with Crippen LogP contribution in [-0.4, -0.2) is 47.6 Å². The molecule has 1 saturated heterocycles. The summed E-state index contributed by atoms with van der Waals surface area (Å²) < 4.78 is 10.1. The number of cyclic esters (lactones) is 1. The number of esters is 2. The average Bonchev–Trinajstić information content (AvgIpc) is 3.12. The largest absolute Gasteiger partial charge is 0.465 e. The predicted octanol–water partition coefficient (Wildman–Crippen LogP) is 2.02. The third kappa shape index (κ3) is 2.38. The van der Waals surface area contributed by atoms with Crippen molar-refractivity contribution in [3.63, 3.8) is 0 Å². The van der Waals surface area contributed by atoms with E-state index in [0.29, 0.717) is 12.1 Å². The van der Waals surface area contributed by atoms with Crippen molar-refractivity contribution in [2.45, 2.75) is 38.5 Å². The number of hydrogen-bond donors (Lipinski definition) is 1. The summed E-state index contributed by atoms with van der Waals surface area (Å²) in [6.45, 7) is 3.45. The highest BCUT2D eigenvalue weighted by Gasteiger charge is 2.38. The van der Waals surface area contributed by atoms with Gasteiger partial charge in [-0.15, -0.1) is 0 Å². The maximum atomic E-state index is 12.0. The second-order valence-corrected chi connectivity index (χ2v) is 6.55. The topological polar surface area (TPSA) is 71.6 Å². The van der Waals surface area contributed by atoms with Crippen LogP contribution < -0.4 is 0 Å². The number of benzene rings is 1. The van der Waals surface area contributed by atoms with Crippen molar-refractivity contribution in [3.05, 3.63) is 35.0 Å². The van der Waals surface area contributed by atoms with Gasteiger partial charge in [0.1, 0.15) is 12.1 Å². The van der Waals surface area contributed by atoms with Gasteiger partial charge in [-0.1, -0.05) is 0 Å². The molecule has 6 nitrogen and oxygen atoms in total. The molecule has 0 radical (unpaired) electrons. The van der Waals surface area contributed by atoms with Crippen LogP contribution in [0.1, 0.15) is 35.0 Å². The number of ether oxygens (including phenoxy) is 2. The van der Waals surface area contributed by atoms with E-state index in [2.05, 4.69) is 9.88 Å². The number of hydrogen-bond acceptors (Lipinski definition) is 5. The third-order valence-corrected chi connectivity index (χ3v) is 5.01. The highest BCUT2D eigenvalue weighted by molar-refractivity contribution is 5.96. The Balaban J connectivity index is 1.69. The number of methoxy groups -OCH3 is 1. The van der Waals surface area contributed by atoms with Crippen LogP contribution in [0.4, 0.5) is 0 Å². The van der Waals surface area contributed by atoms with Gasteiger partial charge in [0, 0.05) is 42.5 Å². The molecule has 0 amide bonds. The van der Waals surface area contributed by atoms with Crippen LogP contribution in [0.15, 0.2) is 18.2 Å². The number of nitrogens with zero attached hydrogens (tertiary/aromatic N) is 1. The number of aromatic amines is 1. The minimum atomic E-state index is -0.340. The first-order valence-corrected chi connectivity index (χ1v) is 8.23. The molecule has 2 aromatic rings. The molecule has 0 spiro atoms. The molecule has 0 bridgehead atoms. The van der Waals surface area contributed by atoms with E-state index in [-0.39, 0.29) is 24.1 Å². The van der Waals surface area contributed by atoms with Gasteiger partial charge in [-0.3, -0.25) is 9.69 Å². The van der Waals surface area contributed by atoms with Gasteiger partial charge in [-0.25, -0.2) is 4.79 Å². The molecule has 0 saturated carbocycles. The lowest BCUT2D eigenvalue weighted by atomic mass is 10.0. The maximum absolute atomic E-state index is 12.0. The van der Waals surface area contributed by atoms with Gasteiger partial charge in [-0.2, -0.15) is 0 Å². The van der Waals surface area contributed by atoms with Crippen LogP contribution >= 0.6 is 0 Å². The molecule has 4 rings (SSSR count). The summed E-state index contributed by atoms with van der Waals surface area (Å²) in [6, 6.07) is 5.39. The fourth-order valence-electron chi connectivity index (χ4n) is 3.78. The Kier molecular flexibility index (Phi) is 3.57. The molecule has 1 aromatic carbocycles. The summed E-state index contributed by atoms with van der Waals surface area (Å²) in [4.78, 5) is 29.5. The summed E-state index contributed by atoms with van der Waals surface area (Å²) in [5, 5.41) is 1.03. The van der Waals surface area contributed by atoms with Gasteiger partial charge in [-0.05, 0) is 30.7 Å². The van der Waals surface area contributed by atoms with Crippen LogP contribution in [-0.2, 0) is 27.2 Å². The quantitative estimate of drug-likeness (QED) is 0.854. The second kappa shape index (κ2) is 5.63. The van der Waals surface area contributed by atoms with Gasteiger partial charge < -0.3 is 14.5 Å². The molecule has 126 valence electrons. The molecule has 1 aromatic heterocycles. The molecule has 1 fully saturated rings. The fraction of sp³-hybridized carbons (Fsp3) is 0.444. The minimum absolute atomic E-state index is 0.0159.